The molecule has 5 nitrogen and oxygen atoms in total. The summed E-state index contributed by atoms with van der Waals surface area (Å²) in [5, 5.41) is 4.53. The zero-order valence-corrected chi connectivity index (χ0v) is 13.9. The zero-order valence-electron chi connectivity index (χ0n) is 13.9. The molecule has 0 unspecified atom stereocenters. The van der Waals surface area contributed by atoms with E-state index in [-0.39, 0.29) is 0 Å². The van der Waals surface area contributed by atoms with Crippen LogP contribution in [0, 0.1) is 0 Å². The average Bonchev–Trinajstić information content (AvgIpc) is 3.06. The van der Waals surface area contributed by atoms with Gasteiger partial charge in [-0.15, -0.1) is 0 Å². The minimum Gasteiger partial charge on any atom is -0.369 e. The Morgan fingerprint density at radius 1 is 0.875 bits per heavy atom. The Morgan fingerprint density at radius 2 is 1.67 bits per heavy atom. The van der Waals surface area contributed by atoms with Crippen molar-refractivity contribution in [1.29, 1.82) is 0 Å². The van der Waals surface area contributed by atoms with Gasteiger partial charge < -0.3 is 4.90 Å². The van der Waals surface area contributed by atoms with Crippen molar-refractivity contribution in [3.8, 4) is 0 Å². The maximum atomic E-state index is 4.57. The van der Waals surface area contributed by atoms with Gasteiger partial charge in [-0.3, -0.25) is 4.90 Å². The molecule has 1 saturated heterocycles. The van der Waals surface area contributed by atoms with Gasteiger partial charge in [-0.2, -0.15) is 5.10 Å². The first-order valence-corrected chi connectivity index (χ1v) is 8.71. The van der Waals surface area contributed by atoms with E-state index in [1.54, 1.807) is 0 Å². The minimum absolute atomic E-state index is 0.934. The minimum atomic E-state index is 0.934. The average molecular weight is 321 g/mol. The van der Waals surface area contributed by atoms with E-state index in [1.165, 1.54) is 5.69 Å². The summed E-state index contributed by atoms with van der Waals surface area (Å²) in [4.78, 5) is 9.60. The number of piperazine rings is 1. The predicted octanol–water partition coefficient (Wildman–Crippen LogP) is 2.48. The molecule has 0 atom stereocenters. The standard InChI is InChI=1S/C19H23N5/c1-2-7-17(8-3-1)23-15-13-22(14-16-23)11-6-9-18-20-19-10-4-5-12-24(19)21-18/h1-5,7-8,10,12H,6,9,11,13-16H2. The van der Waals surface area contributed by atoms with Gasteiger partial charge in [-0.1, -0.05) is 24.3 Å². The van der Waals surface area contributed by atoms with Crippen molar-refractivity contribution in [1.82, 2.24) is 19.5 Å². The first kappa shape index (κ1) is 15.1. The smallest absolute Gasteiger partial charge is 0.155 e. The van der Waals surface area contributed by atoms with Gasteiger partial charge in [-0.25, -0.2) is 9.50 Å². The van der Waals surface area contributed by atoms with Crippen LogP contribution >= 0.6 is 0 Å². The highest BCUT2D eigenvalue weighted by Gasteiger charge is 2.16. The van der Waals surface area contributed by atoms with E-state index in [9.17, 15) is 0 Å². The van der Waals surface area contributed by atoms with Crippen molar-refractivity contribution in [3.05, 3.63) is 60.6 Å². The largest absolute Gasteiger partial charge is 0.369 e. The molecule has 0 N–H and O–H groups in total. The number of aromatic nitrogens is 3. The van der Waals surface area contributed by atoms with E-state index in [4.69, 9.17) is 0 Å². The number of rotatable bonds is 5. The van der Waals surface area contributed by atoms with Gasteiger partial charge in [0.15, 0.2) is 11.5 Å². The SMILES string of the molecule is c1ccc(N2CCN(CCCc3nc4ccccn4n3)CC2)cc1. The van der Waals surface area contributed by atoms with Gasteiger partial charge in [0.1, 0.15) is 0 Å². The normalized spacial score (nSPS) is 15.9. The maximum absolute atomic E-state index is 4.57. The lowest BCUT2D eigenvalue weighted by atomic mass is 10.2. The van der Waals surface area contributed by atoms with Crippen molar-refractivity contribution in [2.45, 2.75) is 12.8 Å². The summed E-state index contributed by atoms with van der Waals surface area (Å²) in [6, 6.07) is 16.7. The number of anilines is 1. The quantitative estimate of drug-likeness (QED) is 0.723. The van der Waals surface area contributed by atoms with Gasteiger partial charge in [0.25, 0.3) is 0 Å². The third-order valence-corrected chi connectivity index (χ3v) is 4.65. The van der Waals surface area contributed by atoms with E-state index in [0.29, 0.717) is 0 Å². The molecule has 1 aliphatic rings. The molecule has 4 rings (SSSR count). The summed E-state index contributed by atoms with van der Waals surface area (Å²) >= 11 is 0. The second kappa shape index (κ2) is 7.01. The summed E-state index contributed by atoms with van der Waals surface area (Å²) in [5.74, 6) is 0.948. The van der Waals surface area contributed by atoms with Crippen LogP contribution in [0.15, 0.2) is 54.7 Å². The molecule has 0 saturated carbocycles. The summed E-state index contributed by atoms with van der Waals surface area (Å²) in [6.45, 7) is 5.60. The number of pyridine rings is 1. The van der Waals surface area contributed by atoms with Crippen molar-refractivity contribution >= 4 is 11.3 Å². The fourth-order valence-electron chi connectivity index (χ4n) is 3.31. The number of nitrogens with zero attached hydrogens (tertiary/aromatic N) is 5. The highest BCUT2D eigenvalue weighted by molar-refractivity contribution is 5.46. The maximum Gasteiger partial charge on any atom is 0.155 e. The third kappa shape index (κ3) is 3.41. The molecule has 0 bridgehead atoms. The Kier molecular flexibility index (Phi) is 4.42. The molecule has 1 aromatic carbocycles. The highest BCUT2D eigenvalue weighted by atomic mass is 15.3. The summed E-state index contributed by atoms with van der Waals surface area (Å²) in [7, 11) is 0. The van der Waals surface area contributed by atoms with E-state index in [1.807, 2.05) is 28.9 Å². The first-order valence-electron chi connectivity index (χ1n) is 8.71. The Hall–Kier alpha value is -2.40. The molecule has 124 valence electrons. The van der Waals surface area contributed by atoms with Crippen LogP contribution < -0.4 is 4.90 Å². The zero-order chi connectivity index (χ0) is 16.2. The topological polar surface area (TPSA) is 36.7 Å². The number of hydrogen-bond acceptors (Lipinski definition) is 4. The molecule has 0 amide bonds. The van der Waals surface area contributed by atoms with Crippen LogP contribution in [-0.2, 0) is 6.42 Å². The summed E-state index contributed by atoms with van der Waals surface area (Å²) in [5.41, 5.74) is 2.27. The van der Waals surface area contributed by atoms with Gasteiger partial charge in [-0.05, 0) is 37.2 Å². The van der Waals surface area contributed by atoms with Crippen LogP contribution in [0.5, 0.6) is 0 Å². The third-order valence-electron chi connectivity index (χ3n) is 4.65. The molecular formula is C19H23N5. The fraction of sp³-hybridized carbons (Fsp3) is 0.368. The molecule has 2 aromatic heterocycles. The number of para-hydroxylation sites is 1. The molecular weight excluding hydrogens is 298 g/mol. The molecule has 5 heteroatoms. The predicted molar refractivity (Wildman–Crippen MR) is 96.4 cm³/mol. The van der Waals surface area contributed by atoms with Crippen molar-refractivity contribution in [3.63, 3.8) is 0 Å². The van der Waals surface area contributed by atoms with Gasteiger partial charge in [0, 0.05) is 44.5 Å². The Morgan fingerprint density at radius 3 is 2.46 bits per heavy atom. The number of benzene rings is 1. The Labute approximate surface area is 142 Å². The highest BCUT2D eigenvalue weighted by Crippen LogP contribution is 2.15. The molecule has 1 aliphatic heterocycles. The molecule has 3 aromatic rings. The second-order valence-electron chi connectivity index (χ2n) is 6.30. The Bertz CT molecular complexity index is 742. The van der Waals surface area contributed by atoms with Crippen molar-refractivity contribution in [2.24, 2.45) is 0 Å². The van der Waals surface area contributed by atoms with Crippen LogP contribution in [0.25, 0.3) is 5.65 Å². The van der Waals surface area contributed by atoms with E-state index in [0.717, 1.165) is 57.0 Å². The molecule has 0 spiro atoms. The molecule has 0 aliphatic carbocycles. The lowest BCUT2D eigenvalue weighted by Crippen LogP contribution is -2.46. The lowest BCUT2D eigenvalue weighted by Gasteiger charge is -2.36. The molecule has 0 radical (unpaired) electrons. The summed E-state index contributed by atoms with van der Waals surface area (Å²) < 4.78 is 1.86. The second-order valence-corrected chi connectivity index (χ2v) is 6.30. The van der Waals surface area contributed by atoms with E-state index < -0.39 is 0 Å². The van der Waals surface area contributed by atoms with Gasteiger partial charge in [0.2, 0.25) is 0 Å². The number of fused-ring (bicyclic) bond motifs is 1. The van der Waals surface area contributed by atoms with E-state index >= 15 is 0 Å². The lowest BCUT2D eigenvalue weighted by molar-refractivity contribution is 0.254. The van der Waals surface area contributed by atoms with Gasteiger partial charge in [0.05, 0.1) is 0 Å². The van der Waals surface area contributed by atoms with Crippen LogP contribution in [0.2, 0.25) is 0 Å². The molecule has 24 heavy (non-hydrogen) atoms. The number of hydrogen-bond donors (Lipinski definition) is 0. The van der Waals surface area contributed by atoms with Crippen molar-refractivity contribution in [2.75, 3.05) is 37.6 Å². The van der Waals surface area contributed by atoms with Crippen LogP contribution in [-0.4, -0.2) is 52.2 Å². The molecule has 3 heterocycles. The first-order chi connectivity index (χ1) is 11.9. The fourth-order valence-corrected chi connectivity index (χ4v) is 3.31. The molecule has 1 fully saturated rings. The number of aryl methyl sites for hydroxylation is 1. The van der Waals surface area contributed by atoms with E-state index in [2.05, 4.69) is 50.2 Å². The van der Waals surface area contributed by atoms with Crippen molar-refractivity contribution < 1.29 is 0 Å². The van der Waals surface area contributed by atoms with Crippen LogP contribution in [0.3, 0.4) is 0 Å². The van der Waals surface area contributed by atoms with Gasteiger partial charge >= 0.3 is 0 Å². The summed E-state index contributed by atoms with van der Waals surface area (Å²) in [6.07, 6.45) is 4.01. The Balaban J connectivity index is 1.24. The van der Waals surface area contributed by atoms with Crippen LogP contribution in [0.4, 0.5) is 5.69 Å². The monoisotopic (exact) mass is 321 g/mol. The van der Waals surface area contributed by atoms with Crippen LogP contribution in [0.1, 0.15) is 12.2 Å².